The lowest BCUT2D eigenvalue weighted by atomic mass is 10.1. The number of sulfonamides is 1. The predicted molar refractivity (Wildman–Crippen MR) is 123 cm³/mol. The Hall–Kier alpha value is -3.52. The Labute approximate surface area is 187 Å². The highest BCUT2D eigenvalue weighted by Crippen LogP contribution is 2.38. The number of aryl methyl sites for hydroxylation is 2. The first kappa shape index (κ1) is 21.7. The number of amides is 1. The third-order valence-electron chi connectivity index (χ3n) is 5.25. The van der Waals surface area contributed by atoms with E-state index in [4.69, 9.17) is 9.47 Å². The van der Waals surface area contributed by atoms with Crippen LogP contribution in [0.25, 0.3) is 0 Å². The topological polar surface area (TPSA) is 84.9 Å². The number of hydrogen-bond donors (Lipinski definition) is 1. The smallest absolute Gasteiger partial charge is 0.267 e. The third kappa shape index (κ3) is 4.13. The fraction of sp³-hybridized carbons (Fsp3) is 0.208. The molecule has 1 N–H and O–H groups in total. The summed E-state index contributed by atoms with van der Waals surface area (Å²) < 4.78 is 39.5. The van der Waals surface area contributed by atoms with Crippen LogP contribution in [0.4, 0.5) is 11.4 Å². The largest absolute Gasteiger partial charge is 0.495 e. The molecule has 7 nitrogen and oxygen atoms in total. The summed E-state index contributed by atoms with van der Waals surface area (Å²) in [5.41, 5.74) is 2.72. The van der Waals surface area contributed by atoms with Gasteiger partial charge >= 0.3 is 0 Å². The van der Waals surface area contributed by atoms with Crippen molar-refractivity contribution in [3.05, 3.63) is 77.9 Å². The first-order valence-electron chi connectivity index (χ1n) is 10.1. The Morgan fingerprint density at radius 3 is 2.44 bits per heavy atom. The number of methoxy groups -OCH3 is 1. The lowest BCUT2D eigenvalue weighted by Gasteiger charge is -2.35. The summed E-state index contributed by atoms with van der Waals surface area (Å²) >= 11 is 0. The maximum Gasteiger partial charge on any atom is 0.267 e. The third-order valence-corrected chi connectivity index (χ3v) is 7.04. The van der Waals surface area contributed by atoms with E-state index >= 15 is 0 Å². The van der Waals surface area contributed by atoms with E-state index in [1.54, 1.807) is 60.7 Å². The minimum atomic E-state index is -3.91. The maximum absolute atomic E-state index is 13.5. The summed E-state index contributed by atoms with van der Waals surface area (Å²) in [6.07, 6.45) is -1.05. The monoisotopic (exact) mass is 452 g/mol. The summed E-state index contributed by atoms with van der Waals surface area (Å²) in [6, 6.07) is 18.9. The number of fused-ring (bicyclic) bond motifs is 1. The van der Waals surface area contributed by atoms with Crippen LogP contribution in [0.5, 0.6) is 11.5 Å². The van der Waals surface area contributed by atoms with Crippen LogP contribution < -0.4 is 19.1 Å². The van der Waals surface area contributed by atoms with Gasteiger partial charge in [0.1, 0.15) is 11.5 Å². The van der Waals surface area contributed by atoms with Gasteiger partial charge in [-0.25, -0.2) is 8.42 Å². The fourth-order valence-corrected chi connectivity index (χ4v) is 4.99. The predicted octanol–water partition coefficient (Wildman–Crippen LogP) is 3.91. The van der Waals surface area contributed by atoms with E-state index in [1.807, 2.05) is 19.9 Å². The van der Waals surface area contributed by atoms with Crippen molar-refractivity contribution in [2.45, 2.75) is 24.8 Å². The van der Waals surface area contributed by atoms with Gasteiger partial charge in [-0.05, 0) is 55.8 Å². The molecule has 1 aliphatic rings. The molecule has 166 valence electrons. The van der Waals surface area contributed by atoms with Crippen molar-refractivity contribution in [1.82, 2.24) is 0 Å². The van der Waals surface area contributed by atoms with E-state index in [2.05, 4.69) is 5.32 Å². The van der Waals surface area contributed by atoms with Gasteiger partial charge in [-0.3, -0.25) is 9.10 Å². The zero-order chi connectivity index (χ0) is 22.9. The van der Waals surface area contributed by atoms with Crippen LogP contribution in [0.2, 0.25) is 0 Å². The van der Waals surface area contributed by atoms with Gasteiger partial charge in [-0.15, -0.1) is 0 Å². The number of nitrogens with one attached hydrogen (secondary N) is 1. The van der Waals surface area contributed by atoms with Crippen LogP contribution in [-0.2, 0) is 14.8 Å². The van der Waals surface area contributed by atoms with Crippen molar-refractivity contribution >= 4 is 27.3 Å². The van der Waals surface area contributed by atoms with E-state index in [-0.39, 0.29) is 11.4 Å². The normalized spacial score (nSPS) is 15.5. The molecular weight excluding hydrogens is 428 g/mol. The molecule has 1 amide bonds. The number of benzene rings is 3. The Balaban J connectivity index is 1.70. The van der Waals surface area contributed by atoms with E-state index in [9.17, 15) is 13.2 Å². The van der Waals surface area contributed by atoms with Crippen LogP contribution in [0, 0.1) is 13.8 Å². The lowest BCUT2D eigenvalue weighted by molar-refractivity contribution is -0.122. The molecule has 1 heterocycles. The van der Waals surface area contributed by atoms with Gasteiger partial charge in [0.25, 0.3) is 15.9 Å². The van der Waals surface area contributed by atoms with Crippen molar-refractivity contribution in [2.75, 3.05) is 23.3 Å². The maximum atomic E-state index is 13.5. The molecule has 0 radical (unpaired) electrons. The average Bonchev–Trinajstić information content (AvgIpc) is 2.79. The van der Waals surface area contributed by atoms with Gasteiger partial charge in [-0.1, -0.05) is 35.9 Å². The summed E-state index contributed by atoms with van der Waals surface area (Å²) in [7, 11) is -2.40. The van der Waals surface area contributed by atoms with Gasteiger partial charge in [0.05, 0.1) is 29.9 Å². The van der Waals surface area contributed by atoms with E-state index in [1.165, 1.54) is 11.4 Å². The average molecular weight is 453 g/mol. The summed E-state index contributed by atoms with van der Waals surface area (Å²) in [6.45, 7) is 3.60. The number of para-hydroxylation sites is 2. The second-order valence-electron chi connectivity index (χ2n) is 7.62. The summed E-state index contributed by atoms with van der Waals surface area (Å²) in [5, 5.41) is 2.78. The molecule has 3 aromatic carbocycles. The zero-order valence-corrected chi connectivity index (χ0v) is 18.8. The highest BCUT2D eigenvalue weighted by Gasteiger charge is 2.37. The van der Waals surface area contributed by atoms with E-state index in [0.29, 0.717) is 22.9 Å². The van der Waals surface area contributed by atoms with Crippen molar-refractivity contribution in [2.24, 2.45) is 0 Å². The number of nitrogens with zero attached hydrogens (tertiary/aromatic N) is 1. The number of hydrogen-bond acceptors (Lipinski definition) is 5. The molecular formula is C24H24N2O5S. The Morgan fingerprint density at radius 2 is 1.72 bits per heavy atom. The Kier molecular flexibility index (Phi) is 5.80. The van der Waals surface area contributed by atoms with Crippen LogP contribution in [0.1, 0.15) is 11.1 Å². The zero-order valence-electron chi connectivity index (χ0n) is 18.0. The molecule has 32 heavy (non-hydrogen) atoms. The van der Waals surface area contributed by atoms with Crippen molar-refractivity contribution < 1.29 is 22.7 Å². The molecule has 0 saturated heterocycles. The standard InChI is InChI=1S/C24H24N2O5S/c1-16-8-11-18(12-9-16)32(28,29)26-15-23(31-22-13-10-17(2)14-20(22)26)24(27)25-19-6-4-5-7-21(19)30-3/h4-14,23H,15H2,1-3H3,(H,25,27)/t23-/m0/s1. The van der Waals surface area contributed by atoms with Crippen molar-refractivity contribution in [3.63, 3.8) is 0 Å². The second kappa shape index (κ2) is 8.55. The Bertz CT molecular complexity index is 1260. The van der Waals surface area contributed by atoms with Gasteiger partial charge in [0.15, 0.2) is 6.10 Å². The van der Waals surface area contributed by atoms with Crippen LogP contribution >= 0.6 is 0 Å². The minimum absolute atomic E-state index is 0.154. The van der Waals surface area contributed by atoms with Gasteiger partial charge in [0.2, 0.25) is 0 Å². The van der Waals surface area contributed by atoms with E-state index < -0.39 is 22.0 Å². The number of anilines is 2. The SMILES string of the molecule is COc1ccccc1NC(=O)[C@@H]1CN(S(=O)(=O)c2ccc(C)cc2)c2cc(C)ccc2O1. The Morgan fingerprint density at radius 1 is 1.03 bits per heavy atom. The number of rotatable bonds is 5. The lowest BCUT2D eigenvalue weighted by Crippen LogP contribution is -2.48. The summed E-state index contributed by atoms with van der Waals surface area (Å²) in [5.74, 6) is 0.361. The van der Waals surface area contributed by atoms with Crippen molar-refractivity contribution in [3.8, 4) is 11.5 Å². The molecule has 0 unspecified atom stereocenters. The molecule has 0 bridgehead atoms. The van der Waals surface area contributed by atoms with Crippen LogP contribution in [0.15, 0.2) is 71.6 Å². The van der Waals surface area contributed by atoms with Crippen LogP contribution in [0.3, 0.4) is 0 Å². The second-order valence-corrected chi connectivity index (χ2v) is 9.48. The highest BCUT2D eigenvalue weighted by molar-refractivity contribution is 7.92. The molecule has 0 fully saturated rings. The molecule has 3 aromatic rings. The first-order valence-corrected chi connectivity index (χ1v) is 11.5. The van der Waals surface area contributed by atoms with Gasteiger partial charge in [-0.2, -0.15) is 0 Å². The molecule has 0 spiro atoms. The number of carbonyl (C=O) groups excluding carboxylic acids is 1. The molecule has 0 saturated carbocycles. The molecule has 8 heteroatoms. The van der Waals surface area contributed by atoms with Gasteiger partial charge in [0, 0.05) is 0 Å². The van der Waals surface area contributed by atoms with Crippen LogP contribution in [-0.4, -0.2) is 34.1 Å². The quantitative estimate of drug-likeness (QED) is 0.635. The summed E-state index contributed by atoms with van der Waals surface area (Å²) in [4.78, 5) is 13.2. The number of ether oxygens (including phenoxy) is 2. The van der Waals surface area contributed by atoms with E-state index in [0.717, 1.165) is 11.1 Å². The van der Waals surface area contributed by atoms with Crippen molar-refractivity contribution in [1.29, 1.82) is 0 Å². The molecule has 0 aliphatic carbocycles. The molecule has 1 aliphatic heterocycles. The van der Waals surface area contributed by atoms with Gasteiger partial charge < -0.3 is 14.8 Å². The number of carbonyl (C=O) groups is 1. The molecule has 4 rings (SSSR count). The molecule has 1 atom stereocenters. The fourth-order valence-electron chi connectivity index (χ4n) is 3.52. The minimum Gasteiger partial charge on any atom is -0.495 e. The highest BCUT2D eigenvalue weighted by atomic mass is 32.2. The first-order chi connectivity index (χ1) is 15.3. The molecule has 0 aromatic heterocycles.